The lowest BCUT2D eigenvalue weighted by Crippen LogP contribution is -2.08. The Balaban J connectivity index is 2.10. The van der Waals surface area contributed by atoms with E-state index in [9.17, 15) is 15.0 Å². The Morgan fingerprint density at radius 1 is 1.20 bits per heavy atom. The Kier molecular flexibility index (Phi) is 2.87. The molecule has 0 saturated carbocycles. The van der Waals surface area contributed by atoms with Gasteiger partial charge in [-0.2, -0.15) is 0 Å². The molecule has 20 heavy (non-hydrogen) atoms. The molecule has 2 heterocycles. The van der Waals surface area contributed by atoms with Gasteiger partial charge in [-0.25, -0.2) is 9.78 Å². The number of benzene rings is 1. The summed E-state index contributed by atoms with van der Waals surface area (Å²) in [6, 6.07) is 11.9. The van der Waals surface area contributed by atoms with E-state index in [-0.39, 0.29) is 11.4 Å². The zero-order valence-corrected chi connectivity index (χ0v) is 10.5. The fourth-order valence-corrected chi connectivity index (χ4v) is 2.25. The number of rotatable bonds is 3. The molecule has 0 aliphatic carbocycles. The summed E-state index contributed by atoms with van der Waals surface area (Å²) in [4.78, 5) is 15.6. The van der Waals surface area contributed by atoms with Crippen LogP contribution in [-0.4, -0.2) is 25.6 Å². The first kappa shape index (κ1) is 12.2. The molecule has 0 unspecified atom stereocenters. The van der Waals surface area contributed by atoms with E-state index < -0.39 is 5.97 Å². The molecule has 3 aromatic rings. The molecule has 0 saturated heterocycles. The van der Waals surface area contributed by atoms with Crippen LogP contribution in [0, 0.1) is 0 Å². The van der Waals surface area contributed by atoms with Gasteiger partial charge in [0.2, 0.25) is 0 Å². The number of carboxylic acids is 1. The monoisotopic (exact) mass is 268 g/mol. The fraction of sp³-hybridized carbons (Fsp3) is 0.0667. The Labute approximate surface area is 114 Å². The van der Waals surface area contributed by atoms with Crippen LogP contribution >= 0.6 is 0 Å². The largest absolute Gasteiger partial charge is 0.508 e. The molecular weight excluding hydrogens is 256 g/mol. The highest BCUT2D eigenvalue weighted by Gasteiger charge is 2.13. The number of fused-ring (bicyclic) bond motifs is 1. The summed E-state index contributed by atoms with van der Waals surface area (Å²) in [6.45, 7) is 0. The topological polar surface area (TPSA) is 74.8 Å². The van der Waals surface area contributed by atoms with Gasteiger partial charge in [-0.15, -0.1) is 0 Å². The average molecular weight is 268 g/mol. The van der Waals surface area contributed by atoms with E-state index in [1.54, 1.807) is 40.9 Å². The molecule has 3 rings (SSSR count). The first-order chi connectivity index (χ1) is 9.65. The summed E-state index contributed by atoms with van der Waals surface area (Å²) in [5, 5.41) is 18.7. The highest BCUT2D eigenvalue weighted by molar-refractivity contribution is 5.86. The van der Waals surface area contributed by atoms with Crippen molar-refractivity contribution in [1.82, 2.24) is 9.38 Å². The van der Waals surface area contributed by atoms with Crippen molar-refractivity contribution in [3.8, 4) is 5.75 Å². The van der Waals surface area contributed by atoms with E-state index in [0.29, 0.717) is 12.2 Å². The molecule has 100 valence electrons. The summed E-state index contributed by atoms with van der Waals surface area (Å²) in [5.41, 5.74) is 1.79. The third-order valence-corrected chi connectivity index (χ3v) is 3.12. The number of aromatic carboxylic acids is 1. The summed E-state index contributed by atoms with van der Waals surface area (Å²) in [6.07, 6.45) is 2.09. The lowest BCUT2D eigenvalue weighted by atomic mass is 10.1. The number of hydrogen-bond acceptors (Lipinski definition) is 3. The number of nitrogens with zero attached hydrogens (tertiary/aromatic N) is 2. The van der Waals surface area contributed by atoms with Gasteiger partial charge in [-0.1, -0.05) is 18.2 Å². The average Bonchev–Trinajstić information content (AvgIpc) is 2.82. The van der Waals surface area contributed by atoms with Gasteiger partial charge < -0.3 is 10.2 Å². The van der Waals surface area contributed by atoms with Gasteiger partial charge in [-0.3, -0.25) is 4.40 Å². The molecule has 0 radical (unpaired) electrons. The second-order valence-corrected chi connectivity index (χ2v) is 4.50. The SMILES string of the molecule is O=C(O)c1cccc2cnc(Cc3cccc(O)c3)n12. The van der Waals surface area contributed by atoms with E-state index in [1.807, 2.05) is 12.1 Å². The van der Waals surface area contributed by atoms with Gasteiger partial charge in [-0.05, 0) is 29.8 Å². The normalized spacial score (nSPS) is 10.8. The zero-order valence-electron chi connectivity index (χ0n) is 10.5. The van der Waals surface area contributed by atoms with Crippen LogP contribution in [-0.2, 0) is 6.42 Å². The maximum Gasteiger partial charge on any atom is 0.352 e. The number of phenolic OH excluding ortho intramolecular Hbond substituents is 1. The number of hydrogen-bond donors (Lipinski definition) is 2. The van der Waals surface area contributed by atoms with Gasteiger partial charge in [0.25, 0.3) is 0 Å². The van der Waals surface area contributed by atoms with E-state index in [2.05, 4.69) is 4.98 Å². The zero-order chi connectivity index (χ0) is 14.1. The van der Waals surface area contributed by atoms with Crippen molar-refractivity contribution in [2.45, 2.75) is 6.42 Å². The molecule has 0 spiro atoms. The minimum Gasteiger partial charge on any atom is -0.508 e. The second-order valence-electron chi connectivity index (χ2n) is 4.50. The molecule has 0 aliphatic rings. The molecule has 0 bridgehead atoms. The van der Waals surface area contributed by atoms with Crippen molar-refractivity contribution in [2.75, 3.05) is 0 Å². The van der Waals surface area contributed by atoms with E-state index >= 15 is 0 Å². The van der Waals surface area contributed by atoms with Crippen molar-refractivity contribution in [3.05, 3.63) is 65.7 Å². The number of aromatic hydroxyl groups is 1. The number of carbonyl (C=O) groups is 1. The Morgan fingerprint density at radius 2 is 2.00 bits per heavy atom. The fourth-order valence-electron chi connectivity index (χ4n) is 2.25. The van der Waals surface area contributed by atoms with E-state index in [4.69, 9.17) is 0 Å². The molecule has 0 fully saturated rings. The van der Waals surface area contributed by atoms with Gasteiger partial charge in [0, 0.05) is 6.42 Å². The van der Waals surface area contributed by atoms with Crippen molar-refractivity contribution >= 4 is 11.5 Å². The second kappa shape index (κ2) is 4.70. The minimum atomic E-state index is -0.995. The van der Waals surface area contributed by atoms with Crippen LogP contribution in [0.25, 0.3) is 5.52 Å². The number of pyridine rings is 1. The molecule has 5 nitrogen and oxygen atoms in total. The Bertz CT molecular complexity index is 793. The Hall–Kier alpha value is -2.82. The van der Waals surface area contributed by atoms with Crippen molar-refractivity contribution in [3.63, 3.8) is 0 Å². The smallest absolute Gasteiger partial charge is 0.352 e. The predicted octanol–water partition coefficient (Wildman–Crippen LogP) is 2.33. The van der Waals surface area contributed by atoms with Crippen molar-refractivity contribution in [1.29, 1.82) is 0 Å². The summed E-state index contributed by atoms with van der Waals surface area (Å²) >= 11 is 0. The first-order valence-electron chi connectivity index (χ1n) is 6.12. The number of phenols is 1. The van der Waals surface area contributed by atoms with E-state index in [0.717, 1.165) is 11.1 Å². The third kappa shape index (κ3) is 2.09. The van der Waals surface area contributed by atoms with Crippen LogP contribution in [0.2, 0.25) is 0 Å². The molecular formula is C15H12N2O3. The third-order valence-electron chi connectivity index (χ3n) is 3.12. The molecule has 2 N–H and O–H groups in total. The standard InChI is InChI=1S/C15H12N2O3/c18-12-5-1-3-10(7-12)8-14-16-9-11-4-2-6-13(15(19)20)17(11)14/h1-7,9,18H,8H2,(H,19,20). The quantitative estimate of drug-likeness (QED) is 0.764. The molecule has 2 aromatic heterocycles. The summed E-state index contributed by atoms with van der Waals surface area (Å²) in [7, 11) is 0. The van der Waals surface area contributed by atoms with Crippen LogP contribution in [0.3, 0.4) is 0 Å². The van der Waals surface area contributed by atoms with Gasteiger partial charge in [0.1, 0.15) is 17.3 Å². The number of imidazole rings is 1. The van der Waals surface area contributed by atoms with Crippen LogP contribution in [0.1, 0.15) is 21.9 Å². The molecule has 1 aromatic carbocycles. The lowest BCUT2D eigenvalue weighted by Gasteiger charge is -2.06. The van der Waals surface area contributed by atoms with E-state index in [1.165, 1.54) is 0 Å². The lowest BCUT2D eigenvalue weighted by molar-refractivity contribution is 0.0688. The maximum absolute atomic E-state index is 11.3. The van der Waals surface area contributed by atoms with Crippen LogP contribution in [0.4, 0.5) is 0 Å². The highest BCUT2D eigenvalue weighted by Crippen LogP contribution is 2.17. The molecule has 0 aliphatic heterocycles. The summed E-state index contributed by atoms with van der Waals surface area (Å²) in [5.74, 6) is -0.184. The minimum absolute atomic E-state index is 0.176. The molecule has 5 heteroatoms. The van der Waals surface area contributed by atoms with Gasteiger partial charge in [0.05, 0.1) is 11.7 Å². The first-order valence-corrected chi connectivity index (χ1v) is 6.12. The Morgan fingerprint density at radius 3 is 2.75 bits per heavy atom. The van der Waals surface area contributed by atoms with Crippen molar-refractivity contribution in [2.24, 2.45) is 0 Å². The van der Waals surface area contributed by atoms with Gasteiger partial charge in [0.15, 0.2) is 0 Å². The van der Waals surface area contributed by atoms with Crippen LogP contribution in [0.5, 0.6) is 5.75 Å². The van der Waals surface area contributed by atoms with Crippen molar-refractivity contribution < 1.29 is 15.0 Å². The van der Waals surface area contributed by atoms with Crippen LogP contribution < -0.4 is 0 Å². The number of aromatic nitrogens is 2. The molecule has 0 atom stereocenters. The van der Waals surface area contributed by atoms with Crippen LogP contribution in [0.15, 0.2) is 48.7 Å². The highest BCUT2D eigenvalue weighted by atomic mass is 16.4. The maximum atomic E-state index is 11.3. The predicted molar refractivity (Wildman–Crippen MR) is 73.1 cm³/mol. The summed E-state index contributed by atoms with van der Waals surface area (Å²) < 4.78 is 1.62. The molecule has 0 amide bonds. The van der Waals surface area contributed by atoms with Gasteiger partial charge >= 0.3 is 5.97 Å². The number of carboxylic acid groups (broad SMARTS) is 1.